The fourth-order valence-corrected chi connectivity index (χ4v) is 2.59. The average Bonchev–Trinajstić information content (AvgIpc) is 2.48. The molecule has 1 aromatic carbocycles. The van der Waals surface area contributed by atoms with Crippen LogP contribution in [-0.4, -0.2) is 16.0 Å². The second-order valence-electron chi connectivity index (χ2n) is 3.33. The van der Waals surface area contributed by atoms with Crippen LogP contribution < -0.4 is 0 Å². The largest absolute Gasteiger partial charge is 0.283 e. The second kappa shape index (κ2) is 3.81. The Bertz CT molecular complexity index is 495. The summed E-state index contributed by atoms with van der Waals surface area (Å²) in [7, 11) is 0. The topological polar surface area (TPSA) is 50.9 Å². The SMILES string of the molecule is Cc1c(Cl)c(Cl)c2c(c1Cl)C(=N)N(S)C2=N. The highest BCUT2D eigenvalue weighted by Crippen LogP contribution is 2.42. The van der Waals surface area contributed by atoms with E-state index in [4.69, 9.17) is 45.6 Å². The summed E-state index contributed by atoms with van der Waals surface area (Å²) < 4.78 is 1.11. The Labute approximate surface area is 113 Å². The van der Waals surface area contributed by atoms with Crippen molar-refractivity contribution in [1.29, 1.82) is 10.8 Å². The van der Waals surface area contributed by atoms with Crippen molar-refractivity contribution in [3.63, 3.8) is 0 Å². The van der Waals surface area contributed by atoms with Crippen molar-refractivity contribution >= 4 is 59.3 Å². The number of amidine groups is 2. The van der Waals surface area contributed by atoms with Crippen LogP contribution >= 0.6 is 47.6 Å². The Morgan fingerprint density at radius 3 is 1.88 bits per heavy atom. The number of nitrogens with one attached hydrogen (secondary N) is 2. The van der Waals surface area contributed by atoms with Crippen molar-refractivity contribution in [2.45, 2.75) is 6.92 Å². The molecule has 0 radical (unpaired) electrons. The molecule has 1 aliphatic heterocycles. The number of benzene rings is 1. The van der Waals surface area contributed by atoms with Crippen molar-refractivity contribution in [1.82, 2.24) is 4.31 Å². The summed E-state index contributed by atoms with van der Waals surface area (Å²) in [5.41, 5.74) is 1.38. The molecule has 0 amide bonds. The standard InChI is InChI=1S/C9H6Cl3N3S/c1-2-5(10)3-4(7(12)6(2)11)9(14)15(16)8(3)13/h13-14,16H,1H3. The molecule has 0 saturated carbocycles. The van der Waals surface area contributed by atoms with Gasteiger partial charge in [0.05, 0.1) is 20.6 Å². The predicted octanol–water partition coefficient (Wildman–Crippen LogP) is 3.77. The van der Waals surface area contributed by atoms with Crippen LogP contribution in [0.4, 0.5) is 0 Å². The summed E-state index contributed by atoms with van der Waals surface area (Å²) in [6.07, 6.45) is 0. The number of halogens is 3. The minimum absolute atomic E-state index is 0.0112. The van der Waals surface area contributed by atoms with Gasteiger partial charge in [0.2, 0.25) is 0 Å². The van der Waals surface area contributed by atoms with Crippen molar-refractivity contribution in [3.05, 3.63) is 31.8 Å². The molecule has 3 nitrogen and oxygen atoms in total. The number of fused-ring (bicyclic) bond motifs is 1. The molecule has 0 unspecified atom stereocenters. The van der Waals surface area contributed by atoms with E-state index in [1.165, 1.54) is 0 Å². The third-order valence-electron chi connectivity index (χ3n) is 2.44. The predicted molar refractivity (Wildman–Crippen MR) is 70.7 cm³/mol. The van der Waals surface area contributed by atoms with Crippen molar-refractivity contribution < 1.29 is 0 Å². The van der Waals surface area contributed by atoms with E-state index in [2.05, 4.69) is 12.8 Å². The van der Waals surface area contributed by atoms with Gasteiger partial charge in [-0.15, -0.1) is 0 Å². The van der Waals surface area contributed by atoms with Crippen LogP contribution in [0.15, 0.2) is 0 Å². The molecule has 0 spiro atoms. The van der Waals surface area contributed by atoms with Gasteiger partial charge in [-0.1, -0.05) is 47.6 Å². The number of hydrogen-bond acceptors (Lipinski definition) is 3. The van der Waals surface area contributed by atoms with E-state index in [0.717, 1.165) is 4.31 Å². The van der Waals surface area contributed by atoms with Crippen LogP contribution in [-0.2, 0) is 0 Å². The lowest BCUT2D eigenvalue weighted by Gasteiger charge is -2.09. The van der Waals surface area contributed by atoms with Gasteiger partial charge in [-0.3, -0.25) is 15.1 Å². The normalized spacial score (nSPS) is 14.7. The average molecular weight is 295 g/mol. The first kappa shape index (κ1) is 12.0. The van der Waals surface area contributed by atoms with E-state index in [1.54, 1.807) is 6.92 Å². The van der Waals surface area contributed by atoms with E-state index in [0.29, 0.717) is 26.7 Å². The first-order valence-corrected chi connectivity index (χ1v) is 5.75. The zero-order valence-corrected chi connectivity index (χ0v) is 11.2. The molecule has 1 aromatic rings. The zero-order chi connectivity index (χ0) is 12.2. The quantitative estimate of drug-likeness (QED) is 0.495. The van der Waals surface area contributed by atoms with Gasteiger partial charge in [0.1, 0.15) is 11.7 Å². The van der Waals surface area contributed by atoms with E-state index >= 15 is 0 Å². The number of thiol groups is 1. The van der Waals surface area contributed by atoms with Gasteiger partial charge in [-0.25, -0.2) is 0 Å². The van der Waals surface area contributed by atoms with Crippen LogP contribution in [0.1, 0.15) is 16.7 Å². The van der Waals surface area contributed by atoms with Gasteiger partial charge >= 0.3 is 0 Å². The Balaban J connectivity index is 2.91. The molecule has 0 saturated heterocycles. The van der Waals surface area contributed by atoms with Gasteiger partial charge in [-0.2, -0.15) is 0 Å². The summed E-state index contributed by atoms with van der Waals surface area (Å²) in [4.78, 5) is 0. The molecule has 84 valence electrons. The van der Waals surface area contributed by atoms with E-state index in [1.807, 2.05) is 0 Å². The Morgan fingerprint density at radius 1 is 0.938 bits per heavy atom. The van der Waals surface area contributed by atoms with Crippen LogP contribution in [0.2, 0.25) is 15.1 Å². The first-order valence-electron chi connectivity index (χ1n) is 4.21. The van der Waals surface area contributed by atoms with Gasteiger partial charge < -0.3 is 0 Å². The van der Waals surface area contributed by atoms with Crippen molar-refractivity contribution in [2.75, 3.05) is 0 Å². The molecule has 0 bridgehead atoms. The highest BCUT2D eigenvalue weighted by molar-refractivity contribution is 7.79. The number of nitrogens with zero attached hydrogens (tertiary/aromatic N) is 1. The summed E-state index contributed by atoms with van der Waals surface area (Å²) in [5.74, 6) is 0.0483. The molecule has 0 aliphatic carbocycles. The monoisotopic (exact) mass is 293 g/mol. The molecule has 1 aliphatic rings. The molecule has 16 heavy (non-hydrogen) atoms. The highest BCUT2D eigenvalue weighted by atomic mass is 35.5. The van der Waals surface area contributed by atoms with E-state index in [-0.39, 0.29) is 16.7 Å². The number of hydrogen-bond donors (Lipinski definition) is 3. The van der Waals surface area contributed by atoms with Crippen LogP contribution in [0, 0.1) is 17.7 Å². The van der Waals surface area contributed by atoms with Crippen LogP contribution in [0.3, 0.4) is 0 Å². The smallest absolute Gasteiger partial charge is 0.146 e. The maximum atomic E-state index is 7.79. The maximum Gasteiger partial charge on any atom is 0.146 e. The second-order valence-corrected chi connectivity index (χ2v) is 4.86. The molecule has 0 atom stereocenters. The van der Waals surface area contributed by atoms with Crippen molar-refractivity contribution in [2.24, 2.45) is 0 Å². The molecule has 2 N–H and O–H groups in total. The molecule has 0 fully saturated rings. The summed E-state index contributed by atoms with van der Waals surface area (Å²) >= 11 is 22.2. The minimum atomic E-state index is 0.0112. The zero-order valence-electron chi connectivity index (χ0n) is 8.03. The lowest BCUT2D eigenvalue weighted by atomic mass is 10.1. The molecular weight excluding hydrogens is 289 g/mol. The lowest BCUT2D eigenvalue weighted by Crippen LogP contribution is -2.18. The van der Waals surface area contributed by atoms with E-state index in [9.17, 15) is 0 Å². The fraction of sp³-hybridized carbons (Fsp3) is 0.111. The van der Waals surface area contributed by atoms with Gasteiger partial charge in [0.15, 0.2) is 0 Å². The van der Waals surface area contributed by atoms with Crippen LogP contribution in [0.5, 0.6) is 0 Å². The Kier molecular flexibility index (Phi) is 2.87. The summed E-state index contributed by atoms with van der Waals surface area (Å²) in [6, 6.07) is 0. The molecule has 7 heteroatoms. The third-order valence-corrected chi connectivity index (χ3v) is 4.26. The molecule has 0 aromatic heterocycles. The summed E-state index contributed by atoms with van der Waals surface area (Å²) in [5, 5.41) is 16.5. The van der Waals surface area contributed by atoms with Gasteiger partial charge in [0.25, 0.3) is 0 Å². The fourth-order valence-electron chi connectivity index (χ4n) is 1.55. The minimum Gasteiger partial charge on any atom is -0.283 e. The van der Waals surface area contributed by atoms with Gasteiger partial charge in [-0.05, 0) is 12.5 Å². The first-order chi connectivity index (χ1) is 7.37. The Hall–Kier alpha value is -0.420. The van der Waals surface area contributed by atoms with Crippen LogP contribution in [0.25, 0.3) is 0 Å². The third kappa shape index (κ3) is 1.37. The molecule has 2 rings (SSSR count). The Morgan fingerprint density at radius 2 is 1.38 bits per heavy atom. The maximum absolute atomic E-state index is 7.79. The van der Waals surface area contributed by atoms with Gasteiger partial charge in [0, 0.05) is 5.56 Å². The highest BCUT2D eigenvalue weighted by Gasteiger charge is 2.34. The van der Waals surface area contributed by atoms with E-state index < -0.39 is 0 Å². The molecular formula is C9H6Cl3N3S. The number of rotatable bonds is 0. The van der Waals surface area contributed by atoms with Crippen molar-refractivity contribution in [3.8, 4) is 0 Å². The lowest BCUT2D eigenvalue weighted by molar-refractivity contribution is 1.02. The molecule has 1 heterocycles. The summed E-state index contributed by atoms with van der Waals surface area (Å²) in [6.45, 7) is 1.72.